The van der Waals surface area contributed by atoms with E-state index >= 15 is 0 Å². The molecule has 0 bridgehead atoms. The first-order valence-corrected chi connectivity index (χ1v) is 7.62. The van der Waals surface area contributed by atoms with Crippen LogP contribution in [0.5, 0.6) is 0 Å². The smallest absolute Gasteiger partial charge is 0.148 e. The summed E-state index contributed by atoms with van der Waals surface area (Å²) < 4.78 is 1.10. The predicted octanol–water partition coefficient (Wildman–Crippen LogP) is 3.19. The molecule has 3 aromatic heterocycles. The first-order chi connectivity index (χ1) is 10.9. The van der Waals surface area contributed by atoms with E-state index in [1.54, 1.807) is 17.5 Å². The Balaban J connectivity index is 1.89. The normalized spacial score (nSPS) is 11.0. The lowest BCUT2D eigenvalue weighted by molar-refractivity contribution is 1.04. The van der Waals surface area contributed by atoms with Crippen LogP contribution >= 0.6 is 11.3 Å². The van der Waals surface area contributed by atoms with E-state index in [2.05, 4.69) is 42.8 Å². The number of benzene rings is 1. The number of aromatic nitrogens is 5. The van der Waals surface area contributed by atoms with Gasteiger partial charge in [-0.3, -0.25) is 5.10 Å². The molecule has 0 unspecified atom stereocenters. The Hall–Kier alpha value is -2.80. The summed E-state index contributed by atoms with van der Waals surface area (Å²) in [6.45, 7) is 0. The standard InChI is InChI=1S/C15H12N6S/c1-16-13-5-4-12(20-21-13)11-3-2-10(9-6-18-19-7-9)14-15(11)22-8-17-14/h2-8H,1H3,(H,16,21)(H,18,19). The van der Waals surface area contributed by atoms with E-state index in [1.165, 1.54) is 0 Å². The van der Waals surface area contributed by atoms with Crippen molar-refractivity contribution in [1.29, 1.82) is 0 Å². The fourth-order valence-corrected chi connectivity index (χ4v) is 3.23. The maximum absolute atomic E-state index is 4.51. The topological polar surface area (TPSA) is 79.4 Å². The van der Waals surface area contributed by atoms with Crippen LogP contribution in [-0.2, 0) is 0 Å². The monoisotopic (exact) mass is 308 g/mol. The van der Waals surface area contributed by atoms with Crippen molar-refractivity contribution in [2.45, 2.75) is 0 Å². The minimum Gasteiger partial charge on any atom is -0.372 e. The average molecular weight is 308 g/mol. The molecular weight excluding hydrogens is 296 g/mol. The second-order valence-electron chi connectivity index (χ2n) is 4.73. The number of anilines is 1. The van der Waals surface area contributed by atoms with E-state index < -0.39 is 0 Å². The second-order valence-corrected chi connectivity index (χ2v) is 5.59. The molecule has 4 aromatic rings. The third-order valence-corrected chi connectivity index (χ3v) is 4.35. The van der Waals surface area contributed by atoms with Crippen molar-refractivity contribution in [3.63, 3.8) is 0 Å². The summed E-state index contributed by atoms with van der Waals surface area (Å²) in [4.78, 5) is 4.51. The Morgan fingerprint density at radius 1 is 1.09 bits per heavy atom. The van der Waals surface area contributed by atoms with E-state index in [0.29, 0.717) is 0 Å². The number of H-pyrrole nitrogens is 1. The predicted molar refractivity (Wildman–Crippen MR) is 87.8 cm³/mol. The van der Waals surface area contributed by atoms with E-state index in [9.17, 15) is 0 Å². The van der Waals surface area contributed by atoms with Crippen LogP contribution in [0.15, 0.2) is 42.2 Å². The lowest BCUT2D eigenvalue weighted by Crippen LogP contribution is -1.95. The van der Waals surface area contributed by atoms with Gasteiger partial charge in [-0.25, -0.2) is 4.98 Å². The molecule has 108 valence electrons. The number of nitrogens with one attached hydrogen (secondary N) is 2. The summed E-state index contributed by atoms with van der Waals surface area (Å²) in [5.74, 6) is 0.749. The molecule has 0 spiro atoms. The molecule has 0 saturated carbocycles. The molecule has 7 heteroatoms. The van der Waals surface area contributed by atoms with Crippen molar-refractivity contribution in [3.05, 3.63) is 42.2 Å². The van der Waals surface area contributed by atoms with Gasteiger partial charge in [0.2, 0.25) is 0 Å². The molecule has 6 nitrogen and oxygen atoms in total. The van der Waals surface area contributed by atoms with Gasteiger partial charge in [-0.2, -0.15) is 5.10 Å². The Morgan fingerprint density at radius 3 is 2.73 bits per heavy atom. The quantitative estimate of drug-likeness (QED) is 0.607. The molecule has 2 N–H and O–H groups in total. The summed E-state index contributed by atoms with van der Waals surface area (Å²) >= 11 is 1.61. The molecule has 0 aliphatic carbocycles. The lowest BCUT2D eigenvalue weighted by atomic mass is 10.0. The van der Waals surface area contributed by atoms with Gasteiger partial charge in [0.05, 0.1) is 27.6 Å². The zero-order valence-corrected chi connectivity index (χ0v) is 12.6. The molecule has 4 rings (SSSR count). The van der Waals surface area contributed by atoms with Gasteiger partial charge in [-0.05, 0) is 12.1 Å². The fourth-order valence-electron chi connectivity index (χ4n) is 2.39. The van der Waals surface area contributed by atoms with Crippen molar-refractivity contribution in [2.24, 2.45) is 0 Å². The van der Waals surface area contributed by atoms with Gasteiger partial charge in [-0.15, -0.1) is 21.5 Å². The van der Waals surface area contributed by atoms with Gasteiger partial charge in [0.1, 0.15) is 5.82 Å². The molecule has 0 saturated heterocycles. The lowest BCUT2D eigenvalue weighted by Gasteiger charge is -2.06. The van der Waals surface area contributed by atoms with E-state index in [0.717, 1.165) is 38.4 Å². The van der Waals surface area contributed by atoms with Crippen LogP contribution in [0.2, 0.25) is 0 Å². The SMILES string of the molecule is CNc1ccc(-c2ccc(-c3cn[nH]c3)c3ncsc23)nn1. The number of hydrogen-bond donors (Lipinski definition) is 2. The first kappa shape index (κ1) is 12.9. The van der Waals surface area contributed by atoms with Gasteiger partial charge in [0, 0.05) is 29.9 Å². The largest absolute Gasteiger partial charge is 0.372 e. The number of aromatic amines is 1. The molecule has 22 heavy (non-hydrogen) atoms. The zero-order chi connectivity index (χ0) is 14.9. The molecular formula is C15H12N6S. The molecule has 3 heterocycles. The molecule has 0 fully saturated rings. The molecule has 0 aliphatic rings. The second kappa shape index (κ2) is 5.19. The summed E-state index contributed by atoms with van der Waals surface area (Å²) in [6, 6.07) is 7.99. The van der Waals surface area contributed by atoms with Gasteiger partial charge >= 0.3 is 0 Å². The number of thiazole rings is 1. The molecule has 0 aliphatic heterocycles. The van der Waals surface area contributed by atoms with Gasteiger partial charge in [0.15, 0.2) is 0 Å². The van der Waals surface area contributed by atoms with Crippen molar-refractivity contribution < 1.29 is 0 Å². The zero-order valence-electron chi connectivity index (χ0n) is 11.7. The maximum Gasteiger partial charge on any atom is 0.148 e. The van der Waals surface area contributed by atoms with Crippen LogP contribution in [0.25, 0.3) is 32.6 Å². The summed E-state index contributed by atoms with van der Waals surface area (Å²) in [6.07, 6.45) is 3.67. The first-order valence-electron chi connectivity index (χ1n) is 6.74. The van der Waals surface area contributed by atoms with Crippen molar-refractivity contribution in [1.82, 2.24) is 25.4 Å². The Kier molecular flexibility index (Phi) is 3.05. The molecule has 0 atom stereocenters. The van der Waals surface area contributed by atoms with Crippen LogP contribution in [0.3, 0.4) is 0 Å². The van der Waals surface area contributed by atoms with Crippen LogP contribution in [-0.4, -0.2) is 32.4 Å². The molecule has 1 aromatic carbocycles. The van der Waals surface area contributed by atoms with Crippen molar-refractivity contribution in [2.75, 3.05) is 12.4 Å². The van der Waals surface area contributed by atoms with Crippen molar-refractivity contribution in [3.8, 4) is 22.4 Å². The summed E-state index contributed by atoms with van der Waals surface area (Å²) in [7, 11) is 1.82. The summed E-state index contributed by atoms with van der Waals surface area (Å²) in [5, 5.41) is 18.3. The Labute approximate surface area is 130 Å². The van der Waals surface area contributed by atoms with Gasteiger partial charge in [-0.1, -0.05) is 12.1 Å². The Bertz CT molecular complexity index is 911. The van der Waals surface area contributed by atoms with Crippen LogP contribution in [0.4, 0.5) is 5.82 Å². The van der Waals surface area contributed by atoms with E-state index in [-0.39, 0.29) is 0 Å². The number of hydrogen-bond acceptors (Lipinski definition) is 6. The van der Waals surface area contributed by atoms with E-state index in [1.807, 2.05) is 30.9 Å². The fraction of sp³-hybridized carbons (Fsp3) is 0.0667. The van der Waals surface area contributed by atoms with Crippen LogP contribution in [0, 0.1) is 0 Å². The Morgan fingerprint density at radius 2 is 2.00 bits per heavy atom. The highest BCUT2D eigenvalue weighted by Gasteiger charge is 2.13. The van der Waals surface area contributed by atoms with Crippen LogP contribution in [0.1, 0.15) is 0 Å². The summed E-state index contributed by atoms with van der Waals surface area (Å²) in [5.41, 5.74) is 6.79. The minimum atomic E-state index is 0.749. The third-order valence-electron chi connectivity index (χ3n) is 3.49. The maximum atomic E-state index is 4.51. The highest BCUT2D eigenvalue weighted by atomic mass is 32.1. The van der Waals surface area contributed by atoms with Crippen molar-refractivity contribution >= 4 is 27.4 Å². The van der Waals surface area contributed by atoms with Gasteiger partial charge in [0.25, 0.3) is 0 Å². The number of fused-ring (bicyclic) bond motifs is 1. The number of nitrogens with zero attached hydrogens (tertiary/aromatic N) is 4. The minimum absolute atomic E-state index is 0.749. The number of rotatable bonds is 3. The highest BCUT2D eigenvalue weighted by Crippen LogP contribution is 2.36. The highest BCUT2D eigenvalue weighted by molar-refractivity contribution is 7.17. The van der Waals surface area contributed by atoms with Gasteiger partial charge < -0.3 is 5.32 Å². The third kappa shape index (κ3) is 2.03. The molecule has 0 amide bonds. The average Bonchev–Trinajstić information content (AvgIpc) is 3.25. The van der Waals surface area contributed by atoms with Crippen LogP contribution < -0.4 is 5.32 Å². The molecule has 0 radical (unpaired) electrons. The van der Waals surface area contributed by atoms with E-state index in [4.69, 9.17) is 0 Å².